The SMILES string of the molecule is S=C(Nc1ccc2c(c1)OCCO2)N1CCCCC[C@H]1c1ccncc1. The predicted molar refractivity (Wildman–Crippen MR) is 106 cm³/mol. The average Bonchev–Trinajstić information content (AvgIpc) is 2.95. The summed E-state index contributed by atoms with van der Waals surface area (Å²) in [6.45, 7) is 2.14. The van der Waals surface area contributed by atoms with Gasteiger partial charge >= 0.3 is 0 Å². The summed E-state index contributed by atoms with van der Waals surface area (Å²) >= 11 is 5.78. The summed E-state index contributed by atoms with van der Waals surface area (Å²) in [7, 11) is 0. The number of anilines is 1. The molecule has 2 aromatic rings. The number of rotatable bonds is 2. The fourth-order valence-corrected chi connectivity index (χ4v) is 3.94. The van der Waals surface area contributed by atoms with Gasteiger partial charge in [-0.1, -0.05) is 12.8 Å². The molecule has 0 spiro atoms. The Hall–Kier alpha value is -2.34. The minimum Gasteiger partial charge on any atom is -0.486 e. The highest BCUT2D eigenvalue weighted by atomic mass is 32.1. The minimum absolute atomic E-state index is 0.290. The predicted octanol–water partition coefficient (Wildman–Crippen LogP) is 4.17. The van der Waals surface area contributed by atoms with Crippen LogP contribution < -0.4 is 14.8 Å². The Kier molecular flexibility index (Phi) is 5.20. The standard InChI is InChI=1S/C20H23N3O2S/c26-20(22-16-5-6-18-19(14-16)25-13-12-24-18)23-11-3-1-2-4-17(23)15-7-9-21-10-8-15/h5-10,14,17H,1-4,11-13H2,(H,22,26)/t17-/m0/s1. The van der Waals surface area contributed by atoms with E-state index in [0.717, 1.165) is 41.7 Å². The fraction of sp³-hybridized carbons (Fsp3) is 0.400. The number of pyridine rings is 1. The molecule has 1 aromatic heterocycles. The van der Waals surface area contributed by atoms with Crippen molar-refractivity contribution in [1.29, 1.82) is 0 Å². The molecule has 2 aliphatic rings. The Morgan fingerprint density at radius 3 is 2.69 bits per heavy atom. The quantitative estimate of drug-likeness (QED) is 0.802. The van der Waals surface area contributed by atoms with Crippen molar-refractivity contribution in [2.75, 3.05) is 25.1 Å². The van der Waals surface area contributed by atoms with Crippen LogP contribution >= 0.6 is 12.2 Å². The first-order chi connectivity index (χ1) is 12.8. The van der Waals surface area contributed by atoms with Gasteiger partial charge in [0.15, 0.2) is 16.6 Å². The van der Waals surface area contributed by atoms with Crippen LogP contribution in [0.15, 0.2) is 42.7 Å². The third-order valence-corrected chi connectivity index (χ3v) is 5.23. The zero-order chi connectivity index (χ0) is 17.8. The first kappa shape index (κ1) is 17.1. The van der Waals surface area contributed by atoms with Crippen LogP contribution in [0.2, 0.25) is 0 Å². The van der Waals surface area contributed by atoms with Crippen LogP contribution in [0.1, 0.15) is 37.3 Å². The topological polar surface area (TPSA) is 46.6 Å². The summed E-state index contributed by atoms with van der Waals surface area (Å²) in [5, 5.41) is 4.15. The van der Waals surface area contributed by atoms with Crippen molar-refractivity contribution in [2.45, 2.75) is 31.7 Å². The molecule has 1 atom stereocenters. The van der Waals surface area contributed by atoms with Gasteiger partial charge in [-0.25, -0.2) is 0 Å². The number of thiocarbonyl (C=S) groups is 1. The molecule has 26 heavy (non-hydrogen) atoms. The van der Waals surface area contributed by atoms with Crippen LogP contribution in [0, 0.1) is 0 Å². The fourth-order valence-electron chi connectivity index (χ4n) is 3.60. The maximum atomic E-state index is 5.78. The Bertz CT molecular complexity index is 769. The van der Waals surface area contributed by atoms with Gasteiger partial charge in [-0.2, -0.15) is 0 Å². The normalized spacial score (nSPS) is 19.5. The molecule has 0 aliphatic carbocycles. The Balaban J connectivity index is 1.53. The van der Waals surface area contributed by atoms with E-state index in [-0.39, 0.29) is 6.04 Å². The molecule has 0 unspecified atom stereocenters. The van der Waals surface area contributed by atoms with Gasteiger partial charge in [0.05, 0.1) is 6.04 Å². The van der Waals surface area contributed by atoms with Crippen molar-refractivity contribution in [1.82, 2.24) is 9.88 Å². The van der Waals surface area contributed by atoms with Crippen molar-refractivity contribution in [3.05, 3.63) is 48.3 Å². The minimum atomic E-state index is 0.290. The van der Waals surface area contributed by atoms with E-state index in [2.05, 4.69) is 27.3 Å². The van der Waals surface area contributed by atoms with Gasteiger partial charge in [0, 0.05) is 30.7 Å². The van der Waals surface area contributed by atoms with Crippen LogP contribution in [0.25, 0.3) is 0 Å². The van der Waals surface area contributed by atoms with Gasteiger partial charge in [0.1, 0.15) is 13.2 Å². The second-order valence-corrected chi connectivity index (χ2v) is 7.01. The second kappa shape index (κ2) is 7.91. The Labute approximate surface area is 159 Å². The summed E-state index contributed by atoms with van der Waals surface area (Å²) < 4.78 is 11.3. The van der Waals surface area contributed by atoms with Crippen LogP contribution in [-0.2, 0) is 0 Å². The number of hydrogen-bond acceptors (Lipinski definition) is 4. The van der Waals surface area contributed by atoms with Crippen LogP contribution in [0.5, 0.6) is 11.5 Å². The number of nitrogens with zero attached hydrogens (tertiary/aromatic N) is 2. The molecule has 1 aromatic carbocycles. The number of likely N-dealkylation sites (tertiary alicyclic amines) is 1. The van der Waals surface area contributed by atoms with Gasteiger partial charge in [-0.3, -0.25) is 4.98 Å². The maximum Gasteiger partial charge on any atom is 0.173 e. The first-order valence-corrected chi connectivity index (χ1v) is 9.59. The number of aromatic nitrogens is 1. The van der Waals surface area contributed by atoms with Crippen molar-refractivity contribution in [3.8, 4) is 11.5 Å². The largest absolute Gasteiger partial charge is 0.486 e. The zero-order valence-electron chi connectivity index (χ0n) is 14.7. The summed E-state index contributed by atoms with van der Waals surface area (Å²) in [4.78, 5) is 6.46. The van der Waals surface area contributed by atoms with E-state index in [1.54, 1.807) is 0 Å². The van der Waals surface area contributed by atoms with Crippen molar-refractivity contribution in [3.63, 3.8) is 0 Å². The highest BCUT2D eigenvalue weighted by Crippen LogP contribution is 2.34. The first-order valence-electron chi connectivity index (χ1n) is 9.18. The maximum absolute atomic E-state index is 5.78. The average molecular weight is 369 g/mol. The molecule has 0 saturated carbocycles. The Morgan fingerprint density at radius 2 is 1.85 bits per heavy atom. The molecule has 5 nitrogen and oxygen atoms in total. The number of benzene rings is 1. The molecule has 136 valence electrons. The zero-order valence-corrected chi connectivity index (χ0v) is 15.5. The highest BCUT2D eigenvalue weighted by molar-refractivity contribution is 7.80. The molecule has 3 heterocycles. The second-order valence-electron chi connectivity index (χ2n) is 6.63. The number of hydrogen-bond donors (Lipinski definition) is 1. The molecule has 0 bridgehead atoms. The summed E-state index contributed by atoms with van der Waals surface area (Å²) in [6.07, 6.45) is 8.43. The monoisotopic (exact) mass is 369 g/mol. The van der Waals surface area contributed by atoms with Gasteiger partial charge in [-0.05, 0) is 54.9 Å². The lowest BCUT2D eigenvalue weighted by Gasteiger charge is -2.33. The van der Waals surface area contributed by atoms with Crippen molar-refractivity contribution >= 4 is 23.0 Å². The lowest BCUT2D eigenvalue weighted by atomic mass is 10.0. The molecule has 1 fully saturated rings. The lowest BCUT2D eigenvalue weighted by molar-refractivity contribution is 0.171. The van der Waals surface area contributed by atoms with Crippen LogP contribution in [0.4, 0.5) is 5.69 Å². The number of ether oxygens (including phenoxy) is 2. The molecule has 4 rings (SSSR count). The van der Waals surface area contributed by atoms with Gasteiger partial charge in [0.25, 0.3) is 0 Å². The van der Waals surface area contributed by atoms with Crippen molar-refractivity contribution < 1.29 is 9.47 Å². The van der Waals surface area contributed by atoms with Crippen molar-refractivity contribution in [2.24, 2.45) is 0 Å². The molecule has 0 radical (unpaired) electrons. The van der Waals surface area contributed by atoms with E-state index in [1.165, 1.54) is 18.4 Å². The highest BCUT2D eigenvalue weighted by Gasteiger charge is 2.25. The molecular formula is C20H23N3O2S. The van der Waals surface area contributed by atoms with E-state index in [1.807, 2.05) is 30.6 Å². The smallest absolute Gasteiger partial charge is 0.173 e. The molecular weight excluding hydrogens is 346 g/mol. The Morgan fingerprint density at radius 1 is 1.04 bits per heavy atom. The van der Waals surface area contributed by atoms with E-state index >= 15 is 0 Å². The molecule has 1 saturated heterocycles. The molecule has 6 heteroatoms. The summed E-state index contributed by atoms with van der Waals surface area (Å²) in [5.74, 6) is 1.56. The van der Waals surface area contributed by atoms with Gasteiger partial charge in [-0.15, -0.1) is 0 Å². The third-order valence-electron chi connectivity index (χ3n) is 4.90. The van der Waals surface area contributed by atoms with Crippen LogP contribution in [-0.4, -0.2) is 34.8 Å². The summed E-state index contributed by atoms with van der Waals surface area (Å²) in [6, 6.07) is 10.4. The number of nitrogens with one attached hydrogen (secondary N) is 1. The van der Waals surface area contributed by atoms with Crippen LogP contribution in [0.3, 0.4) is 0 Å². The lowest BCUT2D eigenvalue weighted by Crippen LogP contribution is -2.37. The summed E-state index contributed by atoms with van der Waals surface area (Å²) in [5.41, 5.74) is 2.20. The van der Waals surface area contributed by atoms with Gasteiger partial charge < -0.3 is 19.7 Å². The number of fused-ring (bicyclic) bond motifs is 1. The van der Waals surface area contributed by atoms with Gasteiger partial charge in [0.2, 0.25) is 0 Å². The molecule has 2 aliphatic heterocycles. The van der Waals surface area contributed by atoms with E-state index in [4.69, 9.17) is 21.7 Å². The molecule has 1 N–H and O–H groups in total. The van der Waals surface area contributed by atoms with E-state index < -0.39 is 0 Å². The van der Waals surface area contributed by atoms with E-state index in [0.29, 0.717) is 13.2 Å². The van der Waals surface area contributed by atoms with E-state index in [9.17, 15) is 0 Å². The molecule has 0 amide bonds. The third kappa shape index (κ3) is 3.75.